The Bertz CT molecular complexity index is 216. The topological polar surface area (TPSA) is 84.9 Å². The Hall–Kier alpha value is -1.56. The maximum absolute atomic E-state index is 10.9. The van der Waals surface area contributed by atoms with Crippen LogP contribution < -0.4 is 5.32 Å². The second kappa shape index (κ2) is 6.90. The Morgan fingerprint density at radius 3 is 2.71 bits per heavy atom. The van der Waals surface area contributed by atoms with Gasteiger partial charge in [0.2, 0.25) is 0 Å². The van der Waals surface area contributed by atoms with E-state index in [1.165, 1.54) is 6.08 Å². The standard InChI is InChI=1S/C8H13NO5/c1-3-4-14-8(12)9-6(5-10)7(11)13-2/h3,6,10H,1,4-5H2,2H3,(H,9,12). The summed E-state index contributed by atoms with van der Waals surface area (Å²) in [7, 11) is 1.15. The van der Waals surface area contributed by atoms with Crippen LogP contribution in [0.25, 0.3) is 0 Å². The number of carbonyl (C=O) groups is 2. The van der Waals surface area contributed by atoms with Crippen molar-refractivity contribution in [3.63, 3.8) is 0 Å². The molecule has 6 heteroatoms. The highest BCUT2D eigenvalue weighted by Gasteiger charge is 2.20. The Kier molecular flexibility index (Phi) is 6.13. The lowest BCUT2D eigenvalue weighted by Gasteiger charge is -2.12. The molecule has 14 heavy (non-hydrogen) atoms. The van der Waals surface area contributed by atoms with Gasteiger partial charge in [0.1, 0.15) is 6.61 Å². The predicted molar refractivity (Wildman–Crippen MR) is 47.6 cm³/mol. The number of alkyl carbamates (subject to hydrolysis) is 1. The molecule has 6 nitrogen and oxygen atoms in total. The molecule has 0 heterocycles. The van der Waals surface area contributed by atoms with Gasteiger partial charge >= 0.3 is 12.1 Å². The van der Waals surface area contributed by atoms with Gasteiger partial charge in [0, 0.05) is 0 Å². The Morgan fingerprint density at radius 2 is 2.29 bits per heavy atom. The molecule has 0 aliphatic carbocycles. The van der Waals surface area contributed by atoms with Gasteiger partial charge < -0.3 is 19.9 Å². The highest BCUT2D eigenvalue weighted by Crippen LogP contribution is 1.88. The molecule has 0 aliphatic rings. The van der Waals surface area contributed by atoms with Crippen molar-refractivity contribution in [1.29, 1.82) is 0 Å². The maximum Gasteiger partial charge on any atom is 0.408 e. The van der Waals surface area contributed by atoms with Crippen LogP contribution in [0, 0.1) is 0 Å². The summed E-state index contributed by atoms with van der Waals surface area (Å²) in [6.45, 7) is 2.82. The molecule has 0 saturated carbocycles. The van der Waals surface area contributed by atoms with Gasteiger partial charge in [-0.2, -0.15) is 0 Å². The predicted octanol–water partition coefficient (Wildman–Crippen LogP) is -0.568. The first-order valence-corrected chi connectivity index (χ1v) is 3.88. The van der Waals surface area contributed by atoms with Gasteiger partial charge in [0.15, 0.2) is 6.04 Å². The van der Waals surface area contributed by atoms with Crippen molar-refractivity contribution in [2.24, 2.45) is 0 Å². The molecule has 2 N–H and O–H groups in total. The highest BCUT2D eigenvalue weighted by atomic mass is 16.6. The Morgan fingerprint density at radius 1 is 1.64 bits per heavy atom. The van der Waals surface area contributed by atoms with E-state index in [0.29, 0.717) is 0 Å². The summed E-state index contributed by atoms with van der Waals surface area (Å²) in [6.07, 6.45) is 0.570. The van der Waals surface area contributed by atoms with Gasteiger partial charge in [-0.3, -0.25) is 0 Å². The van der Waals surface area contributed by atoms with E-state index in [9.17, 15) is 9.59 Å². The van der Waals surface area contributed by atoms with Crippen molar-refractivity contribution in [2.45, 2.75) is 6.04 Å². The fraction of sp³-hybridized carbons (Fsp3) is 0.500. The van der Waals surface area contributed by atoms with Crippen molar-refractivity contribution in [3.8, 4) is 0 Å². The molecule has 80 valence electrons. The first-order chi connectivity index (χ1) is 6.65. The summed E-state index contributed by atoms with van der Waals surface area (Å²) in [5.74, 6) is -0.733. The fourth-order valence-electron chi connectivity index (χ4n) is 0.640. The zero-order valence-corrected chi connectivity index (χ0v) is 7.86. The van der Waals surface area contributed by atoms with E-state index in [2.05, 4.69) is 21.4 Å². The summed E-state index contributed by atoms with van der Waals surface area (Å²) < 4.78 is 8.85. The quantitative estimate of drug-likeness (QED) is 0.462. The van der Waals surface area contributed by atoms with Gasteiger partial charge in [0.05, 0.1) is 13.7 Å². The minimum Gasteiger partial charge on any atom is -0.467 e. The van der Waals surface area contributed by atoms with Crippen LogP contribution in [-0.4, -0.2) is 43.5 Å². The van der Waals surface area contributed by atoms with Crippen LogP contribution in [0.4, 0.5) is 4.79 Å². The lowest BCUT2D eigenvalue weighted by Crippen LogP contribution is -2.44. The number of hydrogen-bond donors (Lipinski definition) is 2. The summed E-state index contributed by atoms with van der Waals surface area (Å²) >= 11 is 0. The van der Waals surface area contributed by atoms with Crippen molar-refractivity contribution in [1.82, 2.24) is 5.32 Å². The normalized spacial score (nSPS) is 11.3. The number of carbonyl (C=O) groups excluding carboxylic acids is 2. The first-order valence-electron chi connectivity index (χ1n) is 3.88. The molecule has 0 aromatic heterocycles. The summed E-state index contributed by atoms with van der Waals surface area (Å²) in [5, 5.41) is 10.8. The number of amides is 1. The lowest BCUT2D eigenvalue weighted by atomic mass is 10.3. The maximum atomic E-state index is 10.9. The van der Waals surface area contributed by atoms with Crippen LogP contribution in [0.15, 0.2) is 12.7 Å². The molecule has 0 aliphatic heterocycles. The average Bonchev–Trinajstić information content (AvgIpc) is 2.21. The van der Waals surface area contributed by atoms with Gasteiger partial charge in [-0.1, -0.05) is 12.7 Å². The minimum absolute atomic E-state index is 0.0329. The van der Waals surface area contributed by atoms with Crippen LogP contribution in [-0.2, 0) is 14.3 Å². The summed E-state index contributed by atoms with van der Waals surface area (Å²) in [5.41, 5.74) is 0. The van der Waals surface area contributed by atoms with E-state index >= 15 is 0 Å². The third kappa shape index (κ3) is 4.46. The third-order valence-electron chi connectivity index (χ3n) is 1.29. The molecular formula is C8H13NO5. The van der Waals surface area contributed by atoms with E-state index in [-0.39, 0.29) is 6.61 Å². The number of ether oxygens (including phenoxy) is 2. The van der Waals surface area contributed by atoms with Crippen molar-refractivity contribution >= 4 is 12.1 Å². The molecule has 0 aromatic rings. The SMILES string of the molecule is C=CCOC(=O)NC(CO)C(=O)OC. The molecule has 1 unspecified atom stereocenters. The number of methoxy groups -OCH3 is 1. The van der Waals surface area contributed by atoms with Gasteiger partial charge in [-0.15, -0.1) is 0 Å². The number of nitrogens with one attached hydrogen (secondary N) is 1. The van der Waals surface area contributed by atoms with Crippen molar-refractivity contribution in [3.05, 3.63) is 12.7 Å². The first kappa shape index (κ1) is 12.4. The number of esters is 1. The molecule has 0 spiro atoms. The van der Waals surface area contributed by atoms with Crippen LogP contribution in [0.3, 0.4) is 0 Å². The Labute approximate surface area is 81.5 Å². The van der Waals surface area contributed by atoms with Crippen LogP contribution in [0.2, 0.25) is 0 Å². The summed E-state index contributed by atoms with van der Waals surface area (Å²) in [4.78, 5) is 21.8. The molecule has 1 atom stereocenters. The second-order valence-corrected chi connectivity index (χ2v) is 2.29. The second-order valence-electron chi connectivity index (χ2n) is 2.29. The molecule has 0 radical (unpaired) electrons. The number of aliphatic hydroxyl groups is 1. The monoisotopic (exact) mass is 203 g/mol. The summed E-state index contributed by atoms with van der Waals surface area (Å²) in [6, 6.07) is -1.10. The van der Waals surface area contributed by atoms with Crippen molar-refractivity contribution in [2.75, 3.05) is 20.3 Å². The molecule has 0 rings (SSSR count). The zero-order chi connectivity index (χ0) is 11.0. The van der Waals surface area contributed by atoms with Crippen molar-refractivity contribution < 1.29 is 24.2 Å². The van der Waals surface area contributed by atoms with Crippen LogP contribution >= 0.6 is 0 Å². The van der Waals surface area contributed by atoms with E-state index in [1.54, 1.807) is 0 Å². The lowest BCUT2D eigenvalue weighted by molar-refractivity contribution is -0.144. The van der Waals surface area contributed by atoms with E-state index in [0.717, 1.165) is 7.11 Å². The van der Waals surface area contributed by atoms with E-state index in [1.807, 2.05) is 0 Å². The molecule has 0 aromatic carbocycles. The molecule has 0 fully saturated rings. The fourth-order valence-corrected chi connectivity index (χ4v) is 0.640. The van der Waals surface area contributed by atoms with Gasteiger partial charge in [-0.25, -0.2) is 9.59 Å². The third-order valence-corrected chi connectivity index (χ3v) is 1.29. The highest BCUT2D eigenvalue weighted by molar-refractivity contribution is 5.81. The molecule has 1 amide bonds. The van der Waals surface area contributed by atoms with E-state index in [4.69, 9.17) is 5.11 Å². The zero-order valence-electron chi connectivity index (χ0n) is 7.86. The average molecular weight is 203 g/mol. The number of aliphatic hydroxyl groups excluding tert-OH is 1. The molecule has 0 saturated heterocycles. The smallest absolute Gasteiger partial charge is 0.408 e. The van der Waals surface area contributed by atoms with Gasteiger partial charge in [-0.05, 0) is 0 Å². The van der Waals surface area contributed by atoms with Crippen LogP contribution in [0.5, 0.6) is 0 Å². The van der Waals surface area contributed by atoms with Crippen LogP contribution in [0.1, 0.15) is 0 Å². The van der Waals surface area contributed by atoms with Gasteiger partial charge in [0.25, 0.3) is 0 Å². The molecular weight excluding hydrogens is 190 g/mol. The van der Waals surface area contributed by atoms with E-state index < -0.39 is 24.7 Å². The largest absolute Gasteiger partial charge is 0.467 e. The minimum atomic E-state index is -1.10. The number of hydrogen-bond acceptors (Lipinski definition) is 5. The molecule has 0 bridgehead atoms. The Balaban J connectivity index is 3.98. The number of rotatable bonds is 5.